The zero-order valence-corrected chi connectivity index (χ0v) is 9.19. The minimum atomic E-state index is -0.243. The van der Waals surface area contributed by atoms with Gasteiger partial charge >= 0.3 is 0 Å². The highest BCUT2D eigenvalue weighted by Gasteiger charge is 2.01. The minimum absolute atomic E-state index is 0.0340. The maximum atomic E-state index is 11.1. The Hall–Kier alpha value is -0.770. The SMILES string of the molecule is CCCCNC(=O)CCNC(=O)CCl. The number of carbonyl (C=O) groups is 2. The third-order valence-corrected chi connectivity index (χ3v) is 1.89. The predicted octanol–water partition coefficient (Wildman–Crippen LogP) is 0.648. The van der Waals surface area contributed by atoms with Crippen molar-refractivity contribution >= 4 is 23.4 Å². The Balaban J connectivity index is 3.31. The highest BCUT2D eigenvalue weighted by molar-refractivity contribution is 6.27. The summed E-state index contributed by atoms with van der Waals surface area (Å²) >= 11 is 5.26. The van der Waals surface area contributed by atoms with Gasteiger partial charge in [0.2, 0.25) is 11.8 Å². The fourth-order valence-electron chi connectivity index (χ4n) is 0.856. The molecule has 0 aliphatic heterocycles. The first-order valence-electron chi connectivity index (χ1n) is 4.80. The maximum absolute atomic E-state index is 11.1. The van der Waals surface area contributed by atoms with Crippen LogP contribution in [0.3, 0.4) is 0 Å². The van der Waals surface area contributed by atoms with Gasteiger partial charge in [-0.3, -0.25) is 9.59 Å². The van der Waals surface area contributed by atoms with E-state index in [-0.39, 0.29) is 17.7 Å². The fourth-order valence-corrected chi connectivity index (χ4v) is 0.950. The normalized spacial score (nSPS) is 9.57. The molecule has 0 spiro atoms. The summed E-state index contributed by atoms with van der Waals surface area (Å²) in [6.07, 6.45) is 2.36. The molecule has 0 aromatic carbocycles. The van der Waals surface area contributed by atoms with E-state index in [9.17, 15) is 9.59 Å². The van der Waals surface area contributed by atoms with Crippen LogP contribution in [0.2, 0.25) is 0 Å². The lowest BCUT2D eigenvalue weighted by atomic mass is 10.3. The van der Waals surface area contributed by atoms with E-state index in [0.29, 0.717) is 19.5 Å². The van der Waals surface area contributed by atoms with Gasteiger partial charge in [-0.05, 0) is 6.42 Å². The number of halogens is 1. The molecule has 2 N–H and O–H groups in total. The van der Waals surface area contributed by atoms with Crippen molar-refractivity contribution in [3.63, 3.8) is 0 Å². The minimum Gasteiger partial charge on any atom is -0.356 e. The fraction of sp³-hybridized carbons (Fsp3) is 0.778. The molecule has 0 aromatic heterocycles. The lowest BCUT2D eigenvalue weighted by molar-refractivity contribution is -0.121. The molecule has 4 nitrogen and oxygen atoms in total. The Morgan fingerprint density at radius 2 is 1.79 bits per heavy atom. The smallest absolute Gasteiger partial charge is 0.234 e. The molecule has 5 heteroatoms. The van der Waals surface area contributed by atoms with Gasteiger partial charge in [0.05, 0.1) is 0 Å². The van der Waals surface area contributed by atoms with Crippen LogP contribution < -0.4 is 10.6 Å². The molecule has 0 heterocycles. The summed E-state index contributed by atoms with van der Waals surface area (Å²) in [4.78, 5) is 21.8. The number of alkyl halides is 1. The molecule has 0 aliphatic rings. The van der Waals surface area contributed by atoms with E-state index in [4.69, 9.17) is 11.6 Å². The van der Waals surface area contributed by atoms with Crippen molar-refractivity contribution in [3.8, 4) is 0 Å². The van der Waals surface area contributed by atoms with E-state index in [1.165, 1.54) is 0 Å². The van der Waals surface area contributed by atoms with E-state index in [1.807, 2.05) is 0 Å². The van der Waals surface area contributed by atoms with Gasteiger partial charge in [-0.2, -0.15) is 0 Å². The van der Waals surface area contributed by atoms with Gasteiger partial charge in [0.15, 0.2) is 0 Å². The summed E-state index contributed by atoms with van der Waals surface area (Å²) in [7, 11) is 0. The van der Waals surface area contributed by atoms with Gasteiger partial charge < -0.3 is 10.6 Å². The molecule has 0 aromatic rings. The first kappa shape index (κ1) is 13.2. The second kappa shape index (κ2) is 8.81. The van der Waals surface area contributed by atoms with Gasteiger partial charge in [0.1, 0.15) is 5.88 Å². The number of carbonyl (C=O) groups excluding carboxylic acids is 2. The summed E-state index contributed by atoms with van der Waals surface area (Å²) in [6.45, 7) is 3.12. The van der Waals surface area contributed by atoms with Crippen molar-refractivity contribution < 1.29 is 9.59 Å². The van der Waals surface area contributed by atoms with Crippen LogP contribution in [-0.4, -0.2) is 30.8 Å². The average molecular weight is 221 g/mol. The largest absolute Gasteiger partial charge is 0.356 e. The first-order chi connectivity index (χ1) is 6.70. The number of nitrogens with one attached hydrogen (secondary N) is 2. The molecule has 0 saturated carbocycles. The number of rotatable bonds is 7. The van der Waals surface area contributed by atoms with Crippen LogP contribution >= 0.6 is 11.6 Å². The Labute approximate surface area is 89.4 Å². The van der Waals surface area contributed by atoms with Gasteiger partial charge in [0.25, 0.3) is 0 Å². The van der Waals surface area contributed by atoms with E-state index < -0.39 is 0 Å². The molecular formula is C9H17ClN2O2. The van der Waals surface area contributed by atoms with Crippen LogP contribution in [0.15, 0.2) is 0 Å². The van der Waals surface area contributed by atoms with Crippen molar-refractivity contribution in [2.24, 2.45) is 0 Å². The monoisotopic (exact) mass is 220 g/mol. The summed E-state index contributed by atoms with van der Waals surface area (Å²) in [5.74, 6) is -0.335. The van der Waals surface area contributed by atoms with Crippen LogP contribution in [0.1, 0.15) is 26.2 Å². The van der Waals surface area contributed by atoms with E-state index in [1.54, 1.807) is 0 Å². The lowest BCUT2D eigenvalue weighted by Crippen LogP contribution is -2.31. The number of unbranched alkanes of at least 4 members (excludes halogenated alkanes) is 1. The van der Waals surface area contributed by atoms with Gasteiger partial charge in [-0.25, -0.2) is 0 Å². The Morgan fingerprint density at radius 3 is 2.36 bits per heavy atom. The van der Waals surface area contributed by atoms with Gasteiger partial charge in [-0.15, -0.1) is 11.6 Å². The summed E-state index contributed by atoms with van der Waals surface area (Å²) < 4.78 is 0. The summed E-state index contributed by atoms with van der Waals surface area (Å²) in [5, 5.41) is 5.27. The number of hydrogen-bond donors (Lipinski definition) is 2. The second-order valence-electron chi connectivity index (χ2n) is 2.94. The average Bonchev–Trinajstić information content (AvgIpc) is 2.18. The molecule has 14 heavy (non-hydrogen) atoms. The summed E-state index contributed by atoms with van der Waals surface area (Å²) in [6, 6.07) is 0. The molecule has 0 bridgehead atoms. The van der Waals surface area contributed by atoms with Crippen LogP contribution in [0.4, 0.5) is 0 Å². The second-order valence-corrected chi connectivity index (χ2v) is 3.20. The molecular weight excluding hydrogens is 204 g/mol. The Kier molecular flexibility index (Phi) is 8.33. The molecule has 0 atom stereocenters. The van der Waals surface area contributed by atoms with Crippen molar-refractivity contribution in [1.29, 1.82) is 0 Å². The lowest BCUT2D eigenvalue weighted by Gasteiger charge is -2.04. The number of hydrogen-bond acceptors (Lipinski definition) is 2. The van der Waals surface area contributed by atoms with E-state index >= 15 is 0 Å². The van der Waals surface area contributed by atoms with Crippen LogP contribution in [0.5, 0.6) is 0 Å². The highest BCUT2D eigenvalue weighted by atomic mass is 35.5. The predicted molar refractivity (Wildman–Crippen MR) is 56.3 cm³/mol. The molecule has 0 unspecified atom stereocenters. The molecule has 82 valence electrons. The quantitative estimate of drug-likeness (QED) is 0.489. The molecule has 0 fully saturated rings. The van der Waals surface area contributed by atoms with Gasteiger partial charge in [0, 0.05) is 19.5 Å². The van der Waals surface area contributed by atoms with E-state index in [2.05, 4.69) is 17.6 Å². The standard InChI is InChI=1S/C9H17ClN2O2/c1-2-3-5-11-8(13)4-6-12-9(14)7-10/h2-7H2,1H3,(H,11,13)(H,12,14). The topological polar surface area (TPSA) is 58.2 Å². The van der Waals surface area contributed by atoms with Crippen LogP contribution in [0, 0.1) is 0 Å². The summed E-state index contributed by atoms with van der Waals surface area (Å²) in [5.41, 5.74) is 0. The van der Waals surface area contributed by atoms with Crippen LogP contribution in [0.25, 0.3) is 0 Å². The third-order valence-electron chi connectivity index (χ3n) is 1.65. The molecule has 0 rings (SSSR count). The molecule has 0 saturated heterocycles. The van der Waals surface area contributed by atoms with Gasteiger partial charge in [-0.1, -0.05) is 13.3 Å². The van der Waals surface area contributed by atoms with Crippen molar-refractivity contribution in [3.05, 3.63) is 0 Å². The zero-order valence-electron chi connectivity index (χ0n) is 8.44. The van der Waals surface area contributed by atoms with Crippen molar-refractivity contribution in [2.75, 3.05) is 19.0 Å². The van der Waals surface area contributed by atoms with Crippen LogP contribution in [-0.2, 0) is 9.59 Å². The van der Waals surface area contributed by atoms with Crippen molar-refractivity contribution in [1.82, 2.24) is 10.6 Å². The Morgan fingerprint density at radius 1 is 1.14 bits per heavy atom. The highest BCUT2D eigenvalue weighted by Crippen LogP contribution is 1.84. The zero-order chi connectivity index (χ0) is 10.8. The maximum Gasteiger partial charge on any atom is 0.234 e. The Bertz CT molecular complexity index is 186. The van der Waals surface area contributed by atoms with E-state index in [0.717, 1.165) is 12.8 Å². The molecule has 0 aliphatic carbocycles. The number of amides is 2. The third kappa shape index (κ3) is 7.86. The first-order valence-corrected chi connectivity index (χ1v) is 5.33. The molecule has 2 amide bonds. The molecule has 0 radical (unpaired) electrons. The van der Waals surface area contributed by atoms with Crippen molar-refractivity contribution in [2.45, 2.75) is 26.2 Å².